The number of guanidine groups is 1. The van der Waals surface area contributed by atoms with Gasteiger partial charge in [0, 0.05) is 26.2 Å². The molecule has 8 nitrogen and oxygen atoms in total. The fourth-order valence-electron chi connectivity index (χ4n) is 3.54. The normalized spacial score (nSPS) is 23.0. The molecule has 1 N–H and O–H groups in total. The Bertz CT molecular complexity index is 726. The lowest BCUT2D eigenvalue weighted by Crippen LogP contribution is -2.57. The zero-order valence-corrected chi connectivity index (χ0v) is 16.7. The quantitative estimate of drug-likeness (QED) is 0.599. The van der Waals surface area contributed by atoms with Gasteiger partial charge >= 0.3 is 5.97 Å². The molecule has 2 atom stereocenters. The van der Waals surface area contributed by atoms with E-state index in [1.807, 2.05) is 12.1 Å². The van der Waals surface area contributed by atoms with Gasteiger partial charge in [0.25, 0.3) is 0 Å². The summed E-state index contributed by atoms with van der Waals surface area (Å²) in [6.07, 6.45) is 0. The predicted molar refractivity (Wildman–Crippen MR) is 105 cm³/mol. The van der Waals surface area contributed by atoms with Crippen LogP contribution in [0.15, 0.2) is 29.3 Å². The predicted octanol–water partition coefficient (Wildman–Crippen LogP) is 1.04. The number of methoxy groups -OCH3 is 1. The molecule has 8 heteroatoms. The summed E-state index contributed by atoms with van der Waals surface area (Å²) in [6.45, 7) is 8.49. The Morgan fingerprint density at radius 1 is 1.18 bits per heavy atom. The highest BCUT2D eigenvalue weighted by atomic mass is 16.5. The third-order valence-electron chi connectivity index (χ3n) is 5.21. The van der Waals surface area contributed by atoms with Crippen molar-refractivity contribution in [1.29, 1.82) is 0 Å². The van der Waals surface area contributed by atoms with Crippen LogP contribution in [0.2, 0.25) is 0 Å². The number of nitrogens with one attached hydrogen (secondary N) is 1. The van der Waals surface area contributed by atoms with E-state index < -0.39 is 17.9 Å². The summed E-state index contributed by atoms with van der Waals surface area (Å²) < 4.78 is 10.4. The second-order valence-corrected chi connectivity index (χ2v) is 6.81. The standard InChI is InChI=1S/C20H28N4O4/c1-4-23-10-12-24(13-11-23)20-21-17(14-6-8-15(27-3)9-7-14)16(18(25)22-20)19(26)28-5-2/h6-9,16-17H,4-5,10-13H2,1-3H3,(H,21,22,25)/t16-,17+/m0/s1. The molecule has 1 fully saturated rings. The van der Waals surface area contributed by atoms with Crippen molar-refractivity contribution in [2.45, 2.75) is 19.9 Å². The maximum absolute atomic E-state index is 12.8. The molecule has 0 aromatic heterocycles. The smallest absolute Gasteiger partial charge is 0.321 e. The second kappa shape index (κ2) is 9.05. The average Bonchev–Trinajstić information content (AvgIpc) is 2.73. The fraction of sp³-hybridized carbons (Fsp3) is 0.550. The van der Waals surface area contributed by atoms with Gasteiger partial charge in [-0.25, -0.2) is 4.99 Å². The van der Waals surface area contributed by atoms with Gasteiger partial charge in [-0.1, -0.05) is 19.1 Å². The molecule has 152 valence electrons. The molecule has 1 saturated heterocycles. The number of amides is 1. The lowest BCUT2D eigenvalue weighted by Gasteiger charge is -2.38. The van der Waals surface area contributed by atoms with Crippen LogP contribution >= 0.6 is 0 Å². The van der Waals surface area contributed by atoms with Gasteiger partial charge < -0.3 is 19.3 Å². The fourth-order valence-corrected chi connectivity index (χ4v) is 3.54. The summed E-state index contributed by atoms with van der Waals surface area (Å²) in [5.74, 6) is -0.700. The second-order valence-electron chi connectivity index (χ2n) is 6.81. The summed E-state index contributed by atoms with van der Waals surface area (Å²) in [6, 6.07) is 6.66. The monoisotopic (exact) mass is 388 g/mol. The van der Waals surface area contributed by atoms with Crippen LogP contribution in [0.1, 0.15) is 25.5 Å². The van der Waals surface area contributed by atoms with Crippen molar-refractivity contribution < 1.29 is 19.1 Å². The van der Waals surface area contributed by atoms with Crippen molar-refractivity contribution in [3.05, 3.63) is 29.8 Å². The first kappa shape index (κ1) is 20.1. The molecule has 1 aromatic carbocycles. The molecule has 2 heterocycles. The number of ether oxygens (including phenoxy) is 2. The molecule has 28 heavy (non-hydrogen) atoms. The number of rotatable bonds is 5. The topological polar surface area (TPSA) is 83.5 Å². The minimum Gasteiger partial charge on any atom is -0.497 e. The van der Waals surface area contributed by atoms with Gasteiger partial charge in [-0.05, 0) is 31.2 Å². The number of likely N-dealkylation sites (N-methyl/N-ethyl adjacent to an activating group) is 1. The minimum atomic E-state index is -1.01. The van der Waals surface area contributed by atoms with Gasteiger partial charge in [0.2, 0.25) is 11.9 Å². The molecule has 0 radical (unpaired) electrons. The van der Waals surface area contributed by atoms with E-state index in [4.69, 9.17) is 14.5 Å². The molecular formula is C20H28N4O4. The lowest BCUT2D eigenvalue weighted by molar-refractivity contribution is -0.153. The summed E-state index contributed by atoms with van der Waals surface area (Å²) in [4.78, 5) is 34.5. The van der Waals surface area contributed by atoms with E-state index in [2.05, 4.69) is 22.0 Å². The van der Waals surface area contributed by atoms with Crippen molar-refractivity contribution in [2.75, 3.05) is 46.4 Å². The Hall–Kier alpha value is -2.61. The molecular weight excluding hydrogens is 360 g/mol. The van der Waals surface area contributed by atoms with Crippen LogP contribution in [0.5, 0.6) is 5.75 Å². The zero-order chi connectivity index (χ0) is 20.1. The van der Waals surface area contributed by atoms with Gasteiger partial charge in [0.1, 0.15) is 11.8 Å². The Balaban J connectivity index is 1.90. The van der Waals surface area contributed by atoms with E-state index in [9.17, 15) is 9.59 Å². The highest BCUT2D eigenvalue weighted by molar-refractivity contribution is 6.08. The molecule has 2 aliphatic heterocycles. The number of hydrogen-bond donors (Lipinski definition) is 1. The van der Waals surface area contributed by atoms with E-state index >= 15 is 0 Å². The molecule has 1 aromatic rings. The van der Waals surface area contributed by atoms with Gasteiger partial charge in [-0.2, -0.15) is 0 Å². The first-order valence-corrected chi connectivity index (χ1v) is 9.73. The number of nitrogens with zero attached hydrogens (tertiary/aromatic N) is 3. The number of carbonyl (C=O) groups is 2. The largest absolute Gasteiger partial charge is 0.497 e. The van der Waals surface area contributed by atoms with Gasteiger partial charge in [-0.15, -0.1) is 0 Å². The van der Waals surface area contributed by atoms with Crippen molar-refractivity contribution >= 4 is 17.8 Å². The maximum Gasteiger partial charge on any atom is 0.321 e. The van der Waals surface area contributed by atoms with E-state index in [0.717, 1.165) is 38.3 Å². The van der Waals surface area contributed by atoms with Gasteiger partial charge in [0.05, 0.1) is 13.7 Å². The number of esters is 1. The molecule has 2 aliphatic rings. The van der Waals surface area contributed by atoms with Crippen LogP contribution in [-0.4, -0.2) is 74.1 Å². The van der Waals surface area contributed by atoms with Crippen LogP contribution in [0.4, 0.5) is 0 Å². The molecule has 0 spiro atoms. The molecule has 3 rings (SSSR count). The minimum absolute atomic E-state index is 0.216. The van der Waals surface area contributed by atoms with E-state index in [1.54, 1.807) is 26.2 Å². The first-order valence-electron chi connectivity index (χ1n) is 9.73. The molecule has 0 bridgehead atoms. The Morgan fingerprint density at radius 2 is 1.86 bits per heavy atom. The van der Waals surface area contributed by atoms with Crippen LogP contribution in [0.3, 0.4) is 0 Å². The van der Waals surface area contributed by atoms with Crippen molar-refractivity contribution in [1.82, 2.24) is 15.1 Å². The molecule has 1 amide bonds. The lowest BCUT2D eigenvalue weighted by atomic mass is 9.91. The van der Waals surface area contributed by atoms with E-state index in [0.29, 0.717) is 11.7 Å². The van der Waals surface area contributed by atoms with Crippen molar-refractivity contribution in [3.8, 4) is 5.75 Å². The van der Waals surface area contributed by atoms with E-state index in [-0.39, 0.29) is 12.5 Å². The summed E-state index contributed by atoms with van der Waals surface area (Å²) in [5.41, 5.74) is 0.776. The van der Waals surface area contributed by atoms with Crippen LogP contribution in [-0.2, 0) is 14.3 Å². The maximum atomic E-state index is 12.8. The Labute approximate surface area is 165 Å². The van der Waals surface area contributed by atoms with Crippen molar-refractivity contribution in [2.24, 2.45) is 10.9 Å². The van der Waals surface area contributed by atoms with Crippen molar-refractivity contribution in [3.63, 3.8) is 0 Å². The molecule has 0 unspecified atom stereocenters. The van der Waals surface area contributed by atoms with Crippen LogP contribution in [0, 0.1) is 5.92 Å². The third-order valence-corrected chi connectivity index (χ3v) is 5.21. The summed E-state index contributed by atoms with van der Waals surface area (Å²) in [5, 5.41) is 2.82. The Kier molecular flexibility index (Phi) is 6.51. The number of benzene rings is 1. The number of carbonyl (C=O) groups excluding carboxylic acids is 2. The van der Waals surface area contributed by atoms with Gasteiger partial charge in [0.15, 0.2) is 5.92 Å². The Morgan fingerprint density at radius 3 is 2.43 bits per heavy atom. The van der Waals surface area contributed by atoms with Crippen LogP contribution in [0.25, 0.3) is 0 Å². The molecule has 0 aliphatic carbocycles. The van der Waals surface area contributed by atoms with Gasteiger partial charge in [-0.3, -0.25) is 14.9 Å². The van der Waals surface area contributed by atoms with Crippen LogP contribution < -0.4 is 10.1 Å². The number of hydrogen-bond acceptors (Lipinski definition) is 7. The SMILES string of the molecule is CCOC(=O)[C@@H]1C(=O)NC(N2CCN(CC)CC2)=N[C@@H]1c1ccc(OC)cc1. The molecule has 0 saturated carbocycles. The third kappa shape index (κ3) is 4.27. The van der Waals surface area contributed by atoms with E-state index in [1.165, 1.54) is 0 Å². The number of aliphatic imine (C=N–C) groups is 1. The highest BCUT2D eigenvalue weighted by Gasteiger charge is 2.42. The average molecular weight is 388 g/mol. The first-order chi connectivity index (χ1) is 13.6. The zero-order valence-electron chi connectivity index (χ0n) is 16.7. The summed E-state index contributed by atoms with van der Waals surface area (Å²) in [7, 11) is 1.59. The number of piperazine rings is 1. The highest BCUT2D eigenvalue weighted by Crippen LogP contribution is 2.32. The summed E-state index contributed by atoms with van der Waals surface area (Å²) >= 11 is 0.